The van der Waals surface area contributed by atoms with Crippen molar-refractivity contribution in [3.8, 4) is 11.5 Å². The largest absolute Gasteiger partial charge is 0.508 e. The molecule has 6 heteroatoms. The number of amides is 1. The molecule has 128 valence electrons. The van der Waals surface area contributed by atoms with Gasteiger partial charge in [-0.25, -0.2) is 0 Å². The lowest BCUT2D eigenvalue weighted by Crippen LogP contribution is -2.26. The topological polar surface area (TPSA) is 58.6 Å². The summed E-state index contributed by atoms with van der Waals surface area (Å²) < 4.78 is 5.54. The van der Waals surface area contributed by atoms with E-state index in [1.807, 2.05) is 13.0 Å². The summed E-state index contributed by atoms with van der Waals surface area (Å²) >= 11 is 11.9. The van der Waals surface area contributed by atoms with Gasteiger partial charge in [-0.2, -0.15) is 0 Å². The Balaban J connectivity index is 1.74. The highest BCUT2D eigenvalue weighted by Crippen LogP contribution is 2.31. The van der Waals surface area contributed by atoms with Crippen LogP contribution in [-0.4, -0.2) is 17.6 Å². The van der Waals surface area contributed by atoms with Crippen molar-refractivity contribution >= 4 is 29.1 Å². The number of hydrogen-bond acceptors (Lipinski definition) is 3. The monoisotopic (exact) mass is 367 g/mol. The first kappa shape index (κ1) is 18.4. The molecule has 2 rings (SSSR count). The molecular weight excluding hydrogens is 349 g/mol. The van der Waals surface area contributed by atoms with Crippen LogP contribution in [0.15, 0.2) is 42.5 Å². The summed E-state index contributed by atoms with van der Waals surface area (Å²) in [5.74, 6) is 0.615. The van der Waals surface area contributed by atoms with Gasteiger partial charge in [0.1, 0.15) is 16.5 Å². The van der Waals surface area contributed by atoms with E-state index in [2.05, 4.69) is 5.32 Å². The third-order valence-corrected chi connectivity index (χ3v) is 4.27. The number of benzene rings is 2. The fourth-order valence-corrected chi connectivity index (χ4v) is 2.55. The molecule has 0 aliphatic carbocycles. The molecule has 2 N–H and O–H groups in total. The Morgan fingerprint density at radius 1 is 1.25 bits per heavy atom. The van der Waals surface area contributed by atoms with E-state index in [1.54, 1.807) is 36.4 Å². The first-order valence-corrected chi connectivity index (χ1v) is 8.38. The van der Waals surface area contributed by atoms with Gasteiger partial charge >= 0.3 is 0 Å². The normalized spacial score (nSPS) is 11.8. The first-order valence-electron chi connectivity index (χ1n) is 7.62. The van der Waals surface area contributed by atoms with E-state index in [1.165, 1.54) is 0 Å². The van der Waals surface area contributed by atoms with Crippen LogP contribution in [0.1, 0.15) is 31.4 Å². The molecule has 1 unspecified atom stereocenters. The summed E-state index contributed by atoms with van der Waals surface area (Å²) in [5.41, 5.74) is 0.852. The summed E-state index contributed by atoms with van der Waals surface area (Å²) in [5, 5.41) is 13.2. The number of aromatic hydroxyl groups is 1. The maximum Gasteiger partial charge on any atom is 0.220 e. The summed E-state index contributed by atoms with van der Waals surface area (Å²) in [6, 6.07) is 11.8. The minimum atomic E-state index is -0.173. The van der Waals surface area contributed by atoms with E-state index >= 15 is 0 Å². The Morgan fingerprint density at radius 2 is 2.00 bits per heavy atom. The molecule has 1 atom stereocenters. The fraction of sp³-hybridized carbons (Fsp3) is 0.278. The fourth-order valence-electron chi connectivity index (χ4n) is 2.20. The predicted octanol–water partition coefficient (Wildman–Crippen LogP) is 4.74. The highest BCUT2D eigenvalue weighted by Gasteiger charge is 2.10. The van der Waals surface area contributed by atoms with Crippen LogP contribution in [0.4, 0.5) is 0 Å². The molecule has 0 saturated carbocycles. The lowest BCUT2D eigenvalue weighted by Gasteiger charge is -2.15. The highest BCUT2D eigenvalue weighted by molar-refractivity contribution is 6.42. The van der Waals surface area contributed by atoms with Crippen LogP contribution in [0.2, 0.25) is 10.0 Å². The van der Waals surface area contributed by atoms with Gasteiger partial charge in [0.15, 0.2) is 0 Å². The van der Waals surface area contributed by atoms with Gasteiger partial charge in [-0.05, 0) is 43.2 Å². The number of nitrogens with one attached hydrogen (secondary N) is 1. The van der Waals surface area contributed by atoms with Gasteiger partial charge < -0.3 is 15.2 Å². The third-order valence-electron chi connectivity index (χ3n) is 3.47. The first-order chi connectivity index (χ1) is 11.5. The molecule has 0 aliphatic rings. The van der Waals surface area contributed by atoms with Gasteiger partial charge in [-0.3, -0.25) is 4.79 Å². The average molecular weight is 368 g/mol. The van der Waals surface area contributed by atoms with Crippen LogP contribution in [0.3, 0.4) is 0 Å². The Kier molecular flexibility index (Phi) is 6.76. The minimum Gasteiger partial charge on any atom is -0.508 e. The lowest BCUT2D eigenvalue weighted by atomic mass is 10.1. The van der Waals surface area contributed by atoms with Crippen molar-refractivity contribution in [2.75, 3.05) is 6.61 Å². The van der Waals surface area contributed by atoms with E-state index in [-0.39, 0.29) is 17.7 Å². The molecule has 0 fully saturated rings. The quantitative estimate of drug-likeness (QED) is 0.695. The second-order valence-corrected chi connectivity index (χ2v) is 6.17. The maximum atomic E-state index is 12.0. The zero-order valence-corrected chi connectivity index (χ0v) is 14.8. The minimum absolute atomic E-state index is 0.0772. The zero-order valence-electron chi connectivity index (χ0n) is 13.3. The number of phenolic OH excluding ortho intramolecular Hbond substituents is 1. The van der Waals surface area contributed by atoms with Gasteiger partial charge in [0.25, 0.3) is 0 Å². The van der Waals surface area contributed by atoms with Crippen LogP contribution < -0.4 is 10.1 Å². The van der Waals surface area contributed by atoms with Crippen LogP contribution >= 0.6 is 23.2 Å². The van der Waals surface area contributed by atoms with Crippen LogP contribution in [0.25, 0.3) is 0 Å². The van der Waals surface area contributed by atoms with Gasteiger partial charge in [0, 0.05) is 6.42 Å². The van der Waals surface area contributed by atoms with Crippen LogP contribution in [0, 0.1) is 0 Å². The molecule has 0 aromatic heterocycles. The highest BCUT2D eigenvalue weighted by atomic mass is 35.5. The molecule has 0 spiro atoms. The number of phenols is 1. The van der Waals surface area contributed by atoms with Gasteiger partial charge in [0.05, 0.1) is 17.7 Å². The Hall–Kier alpha value is -1.91. The van der Waals surface area contributed by atoms with Crippen molar-refractivity contribution in [2.45, 2.75) is 25.8 Å². The van der Waals surface area contributed by atoms with E-state index in [0.29, 0.717) is 35.2 Å². The predicted molar refractivity (Wildman–Crippen MR) is 95.9 cm³/mol. The van der Waals surface area contributed by atoms with Crippen molar-refractivity contribution in [2.24, 2.45) is 0 Å². The number of rotatable bonds is 7. The molecule has 0 aliphatic heterocycles. The molecule has 0 radical (unpaired) electrons. The van der Waals surface area contributed by atoms with E-state index in [0.717, 1.165) is 5.56 Å². The molecule has 0 saturated heterocycles. The van der Waals surface area contributed by atoms with E-state index in [4.69, 9.17) is 27.9 Å². The van der Waals surface area contributed by atoms with Crippen molar-refractivity contribution in [3.05, 3.63) is 58.1 Å². The molecule has 2 aromatic carbocycles. The Bertz CT molecular complexity index is 706. The van der Waals surface area contributed by atoms with Crippen molar-refractivity contribution in [1.82, 2.24) is 5.32 Å². The molecular formula is C18H19Cl2NO3. The summed E-state index contributed by atoms with van der Waals surface area (Å²) in [6.45, 7) is 2.24. The van der Waals surface area contributed by atoms with E-state index in [9.17, 15) is 9.90 Å². The Labute approximate surface area is 151 Å². The number of ether oxygens (including phenoxy) is 1. The second-order valence-electron chi connectivity index (χ2n) is 5.39. The van der Waals surface area contributed by atoms with Gasteiger partial charge in [0.2, 0.25) is 5.91 Å². The number of carbonyl (C=O) groups is 1. The average Bonchev–Trinajstić information content (AvgIpc) is 2.55. The molecule has 0 heterocycles. The number of carbonyl (C=O) groups excluding carboxylic acids is 1. The molecule has 24 heavy (non-hydrogen) atoms. The second kappa shape index (κ2) is 8.81. The van der Waals surface area contributed by atoms with Crippen LogP contribution in [-0.2, 0) is 4.79 Å². The van der Waals surface area contributed by atoms with Gasteiger partial charge in [-0.15, -0.1) is 0 Å². The van der Waals surface area contributed by atoms with Crippen molar-refractivity contribution in [3.63, 3.8) is 0 Å². The third kappa shape index (κ3) is 5.32. The number of hydrogen-bond donors (Lipinski definition) is 2. The zero-order chi connectivity index (χ0) is 17.5. The summed E-state index contributed by atoms with van der Waals surface area (Å²) in [6.07, 6.45) is 0.892. The van der Waals surface area contributed by atoms with Gasteiger partial charge in [-0.1, -0.05) is 41.4 Å². The lowest BCUT2D eigenvalue weighted by molar-refractivity contribution is -0.121. The van der Waals surface area contributed by atoms with Crippen LogP contribution in [0.5, 0.6) is 11.5 Å². The van der Waals surface area contributed by atoms with E-state index < -0.39 is 0 Å². The summed E-state index contributed by atoms with van der Waals surface area (Å²) in [4.78, 5) is 12.0. The van der Waals surface area contributed by atoms with Crippen molar-refractivity contribution in [1.29, 1.82) is 0 Å². The SMILES string of the molecule is CC(NC(=O)CCCOc1cccc(Cl)c1Cl)c1cccc(O)c1. The molecule has 1 amide bonds. The number of halogens is 2. The summed E-state index contributed by atoms with van der Waals surface area (Å²) in [7, 11) is 0. The smallest absolute Gasteiger partial charge is 0.220 e. The maximum absolute atomic E-state index is 12.0. The molecule has 2 aromatic rings. The standard InChI is InChI=1S/C18H19Cl2NO3/c1-12(13-5-2-6-14(22)11-13)21-17(23)9-4-10-24-16-8-3-7-15(19)18(16)20/h2-3,5-8,11-12,22H,4,9-10H2,1H3,(H,21,23). The molecule has 4 nitrogen and oxygen atoms in total. The van der Waals surface area contributed by atoms with Crippen molar-refractivity contribution < 1.29 is 14.6 Å². The molecule has 0 bridgehead atoms. The Morgan fingerprint density at radius 3 is 2.75 bits per heavy atom.